The molecule has 0 aromatic heterocycles. The van der Waals surface area contributed by atoms with Crippen molar-refractivity contribution in [2.24, 2.45) is 5.73 Å². The minimum absolute atomic E-state index is 0.431. The molecule has 1 heterocycles. The first-order valence-corrected chi connectivity index (χ1v) is 6.09. The van der Waals surface area contributed by atoms with Crippen molar-refractivity contribution in [1.82, 2.24) is 0 Å². The summed E-state index contributed by atoms with van der Waals surface area (Å²) in [6.45, 7) is 5.07. The van der Waals surface area contributed by atoms with Crippen molar-refractivity contribution in [2.75, 3.05) is 13.2 Å². The highest BCUT2D eigenvalue weighted by atomic mass is 16.6. The van der Waals surface area contributed by atoms with E-state index >= 15 is 0 Å². The number of rotatable bonds is 3. The van der Waals surface area contributed by atoms with Gasteiger partial charge in [0.25, 0.3) is 0 Å². The zero-order valence-electron chi connectivity index (χ0n) is 10.4. The predicted octanol–water partition coefficient (Wildman–Crippen LogP) is 1.31. The van der Waals surface area contributed by atoms with Gasteiger partial charge in [-0.15, -0.1) is 0 Å². The maximum Gasteiger partial charge on any atom is 0.247 e. The number of allylic oxidation sites excluding steroid dienone is 2. The third-order valence-corrected chi connectivity index (χ3v) is 3.83. The number of fused-ring (bicyclic) bond motifs is 1. The van der Waals surface area contributed by atoms with Crippen LogP contribution in [-0.2, 0) is 14.3 Å². The molecule has 1 fully saturated rings. The predicted molar refractivity (Wildman–Crippen MR) is 64.4 cm³/mol. The van der Waals surface area contributed by atoms with Crippen molar-refractivity contribution in [3.63, 3.8) is 0 Å². The number of amides is 1. The SMILES string of the molecule is CCC12C=CC=C(C(N)=O)C1(CC)OCCO2. The van der Waals surface area contributed by atoms with Gasteiger partial charge in [-0.1, -0.05) is 26.0 Å². The number of ether oxygens (including phenoxy) is 2. The van der Waals surface area contributed by atoms with Crippen LogP contribution >= 0.6 is 0 Å². The van der Waals surface area contributed by atoms with Gasteiger partial charge in [0.2, 0.25) is 5.91 Å². The summed E-state index contributed by atoms with van der Waals surface area (Å²) >= 11 is 0. The van der Waals surface area contributed by atoms with Gasteiger partial charge in [0.15, 0.2) is 0 Å². The van der Waals surface area contributed by atoms with Gasteiger partial charge >= 0.3 is 0 Å². The minimum Gasteiger partial charge on any atom is -0.366 e. The van der Waals surface area contributed by atoms with Gasteiger partial charge in [0.1, 0.15) is 11.2 Å². The Hall–Kier alpha value is -1.13. The van der Waals surface area contributed by atoms with Gasteiger partial charge < -0.3 is 15.2 Å². The lowest BCUT2D eigenvalue weighted by atomic mass is 9.70. The number of hydrogen-bond donors (Lipinski definition) is 1. The van der Waals surface area contributed by atoms with E-state index < -0.39 is 17.1 Å². The third kappa shape index (κ3) is 1.55. The molecule has 1 saturated heterocycles. The van der Waals surface area contributed by atoms with E-state index in [9.17, 15) is 4.79 Å². The molecule has 2 atom stereocenters. The van der Waals surface area contributed by atoms with Crippen LogP contribution in [0.3, 0.4) is 0 Å². The van der Waals surface area contributed by atoms with Gasteiger partial charge in [0, 0.05) is 0 Å². The quantitative estimate of drug-likeness (QED) is 0.805. The molecule has 94 valence electrons. The number of primary amides is 1. The minimum atomic E-state index is -0.722. The van der Waals surface area contributed by atoms with Gasteiger partial charge in [0.05, 0.1) is 18.8 Å². The molecule has 4 nitrogen and oxygen atoms in total. The van der Waals surface area contributed by atoms with Crippen molar-refractivity contribution in [3.8, 4) is 0 Å². The Balaban J connectivity index is 2.54. The molecule has 0 radical (unpaired) electrons. The second-order valence-corrected chi connectivity index (χ2v) is 4.42. The van der Waals surface area contributed by atoms with E-state index in [2.05, 4.69) is 0 Å². The van der Waals surface area contributed by atoms with Crippen LogP contribution in [-0.4, -0.2) is 30.3 Å². The highest BCUT2D eigenvalue weighted by Gasteiger charge is 2.56. The smallest absolute Gasteiger partial charge is 0.247 e. The molecular weight excluding hydrogens is 218 g/mol. The molecular formula is C13H19NO3. The van der Waals surface area contributed by atoms with Gasteiger partial charge in [-0.2, -0.15) is 0 Å². The largest absolute Gasteiger partial charge is 0.366 e. The Kier molecular flexibility index (Phi) is 3.10. The monoisotopic (exact) mass is 237 g/mol. The number of nitrogens with two attached hydrogens (primary N) is 1. The topological polar surface area (TPSA) is 61.6 Å². The van der Waals surface area contributed by atoms with Crippen LogP contribution in [0.15, 0.2) is 23.8 Å². The van der Waals surface area contributed by atoms with Crippen molar-refractivity contribution in [2.45, 2.75) is 37.9 Å². The molecule has 2 N–H and O–H groups in total. The molecule has 0 bridgehead atoms. The zero-order chi connectivity index (χ0) is 12.5. The fourth-order valence-corrected chi connectivity index (χ4v) is 2.98. The molecule has 2 rings (SSSR count). The standard InChI is InChI=1S/C13H19NO3/c1-3-12-7-5-6-10(11(14)15)13(12,4-2)17-9-8-16-12/h5-7H,3-4,8-9H2,1-2H3,(H2,14,15). The van der Waals surface area contributed by atoms with Crippen LogP contribution in [0.5, 0.6) is 0 Å². The second-order valence-electron chi connectivity index (χ2n) is 4.42. The highest BCUT2D eigenvalue weighted by molar-refractivity contribution is 5.95. The van der Waals surface area contributed by atoms with Crippen LogP contribution in [0.1, 0.15) is 26.7 Å². The normalized spacial score (nSPS) is 36.2. The van der Waals surface area contributed by atoms with E-state index in [1.165, 1.54) is 0 Å². The molecule has 2 aliphatic rings. The van der Waals surface area contributed by atoms with Gasteiger partial charge in [-0.3, -0.25) is 4.79 Å². The maximum absolute atomic E-state index is 11.6. The maximum atomic E-state index is 11.6. The molecule has 0 aromatic rings. The fourth-order valence-electron chi connectivity index (χ4n) is 2.98. The van der Waals surface area contributed by atoms with Crippen LogP contribution in [0.25, 0.3) is 0 Å². The van der Waals surface area contributed by atoms with E-state index in [-0.39, 0.29) is 0 Å². The highest BCUT2D eigenvalue weighted by Crippen LogP contribution is 2.46. The van der Waals surface area contributed by atoms with E-state index in [0.29, 0.717) is 25.2 Å². The molecule has 0 aromatic carbocycles. The summed E-state index contributed by atoms with van der Waals surface area (Å²) in [5.41, 5.74) is 4.71. The summed E-state index contributed by atoms with van der Waals surface area (Å²) in [5, 5.41) is 0. The molecule has 4 heteroatoms. The lowest BCUT2D eigenvalue weighted by molar-refractivity contribution is -0.227. The second kappa shape index (κ2) is 4.27. The van der Waals surface area contributed by atoms with Crippen molar-refractivity contribution < 1.29 is 14.3 Å². The third-order valence-electron chi connectivity index (χ3n) is 3.83. The molecule has 1 aliphatic carbocycles. The van der Waals surface area contributed by atoms with Crippen LogP contribution in [0.2, 0.25) is 0 Å². The first-order chi connectivity index (χ1) is 8.12. The average Bonchev–Trinajstić information content (AvgIpc) is 2.37. The Morgan fingerprint density at radius 2 is 2.06 bits per heavy atom. The first-order valence-electron chi connectivity index (χ1n) is 6.09. The van der Waals surface area contributed by atoms with Crippen molar-refractivity contribution >= 4 is 5.91 Å². The van der Waals surface area contributed by atoms with Gasteiger partial charge in [-0.25, -0.2) is 0 Å². The molecule has 1 aliphatic heterocycles. The summed E-state index contributed by atoms with van der Waals surface area (Å²) in [7, 11) is 0. The summed E-state index contributed by atoms with van der Waals surface area (Å²) in [6, 6.07) is 0. The van der Waals surface area contributed by atoms with Crippen LogP contribution in [0, 0.1) is 0 Å². The molecule has 0 saturated carbocycles. The summed E-state index contributed by atoms with van der Waals surface area (Å²) in [5.74, 6) is -0.431. The number of carbonyl (C=O) groups excluding carboxylic acids is 1. The van der Waals surface area contributed by atoms with E-state index in [4.69, 9.17) is 15.2 Å². The lowest BCUT2D eigenvalue weighted by Gasteiger charge is -2.52. The summed E-state index contributed by atoms with van der Waals surface area (Å²) < 4.78 is 11.9. The number of carbonyl (C=O) groups is 1. The zero-order valence-corrected chi connectivity index (χ0v) is 10.4. The summed E-state index contributed by atoms with van der Waals surface area (Å²) in [4.78, 5) is 11.6. The Bertz CT molecular complexity index is 388. The first kappa shape index (κ1) is 12.3. The summed E-state index contributed by atoms with van der Waals surface area (Å²) in [6.07, 6.45) is 6.99. The van der Waals surface area contributed by atoms with E-state index in [1.807, 2.05) is 26.0 Å². The number of hydrogen-bond acceptors (Lipinski definition) is 3. The molecule has 17 heavy (non-hydrogen) atoms. The van der Waals surface area contributed by atoms with Crippen LogP contribution < -0.4 is 5.73 Å². The fraction of sp³-hybridized carbons (Fsp3) is 0.615. The average molecular weight is 237 g/mol. The van der Waals surface area contributed by atoms with Gasteiger partial charge in [-0.05, 0) is 18.9 Å². The van der Waals surface area contributed by atoms with Crippen molar-refractivity contribution in [1.29, 1.82) is 0 Å². The Morgan fingerprint density at radius 3 is 2.65 bits per heavy atom. The van der Waals surface area contributed by atoms with Crippen molar-refractivity contribution in [3.05, 3.63) is 23.8 Å². The molecule has 1 amide bonds. The Morgan fingerprint density at radius 1 is 1.35 bits per heavy atom. The molecule has 0 spiro atoms. The van der Waals surface area contributed by atoms with Crippen LogP contribution in [0.4, 0.5) is 0 Å². The molecule has 2 unspecified atom stereocenters. The van der Waals surface area contributed by atoms with E-state index in [0.717, 1.165) is 6.42 Å². The Labute approximate surface area is 101 Å². The lowest BCUT2D eigenvalue weighted by Crippen LogP contribution is -2.63. The van der Waals surface area contributed by atoms with E-state index in [1.54, 1.807) is 6.08 Å².